The Labute approximate surface area is 78.9 Å². The third-order valence-corrected chi connectivity index (χ3v) is 1.46. The van der Waals surface area contributed by atoms with Crippen LogP contribution in [0.5, 0.6) is 0 Å². The van der Waals surface area contributed by atoms with Gasteiger partial charge in [-0.25, -0.2) is 9.97 Å². The zero-order valence-electron chi connectivity index (χ0n) is 6.99. The molecule has 2 aromatic rings. The molecule has 2 rings (SSSR count). The maximum atomic E-state index is 8.50. The normalized spacial score (nSPS) is 9.64. The molecule has 0 fully saturated rings. The van der Waals surface area contributed by atoms with Crippen molar-refractivity contribution in [3.05, 3.63) is 24.4 Å². The van der Waals surface area contributed by atoms with Gasteiger partial charge in [-0.05, 0) is 6.07 Å². The average Bonchev–Trinajstić information content (AvgIpc) is 2.66. The van der Waals surface area contributed by atoms with Gasteiger partial charge in [0.1, 0.15) is 18.2 Å². The van der Waals surface area contributed by atoms with Gasteiger partial charge in [-0.3, -0.25) is 0 Å². The number of nitrogens with two attached hydrogens (primary N) is 1. The van der Waals surface area contributed by atoms with Gasteiger partial charge in [-0.1, -0.05) is 0 Å². The first kappa shape index (κ1) is 8.12. The summed E-state index contributed by atoms with van der Waals surface area (Å²) in [5.74, 6) is 0.694. The summed E-state index contributed by atoms with van der Waals surface area (Å²) < 4.78 is 1.29. The van der Waals surface area contributed by atoms with Gasteiger partial charge in [0.15, 0.2) is 0 Å². The van der Waals surface area contributed by atoms with Crippen LogP contribution >= 0.6 is 0 Å². The van der Waals surface area contributed by atoms with Crippen molar-refractivity contribution in [2.45, 2.75) is 0 Å². The lowest BCUT2D eigenvalue weighted by Crippen LogP contribution is -2.03. The Morgan fingerprint density at radius 2 is 2.29 bits per heavy atom. The highest BCUT2D eigenvalue weighted by atomic mass is 15.4. The maximum Gasteiger partial charge on any atom is 0.254 e. The molecule has 0 atom stereocenters. The number of rotatable bonds is 1. The SMILES string of the molecule is N#Cc1ncn(-c2nccc(N)n2)n1. The Bertz CT molecular complexity index is 495. The van der Waals surface area contributed by atoms with Crippen molar-refractivity contribution in [3.8, 4) is 12.0 Å². The van der Waals surface area contributed by atoms with Crippen LogP contribution in [0.3, 0.4) is 0 Å². The van der Waals surface area contributed by atoms with Crippen molar-refractivity contribution in [2.24, 2.45) is 0 Å². The molecule has 0 radical (unpaired) electrons. The van der Waals surface area contributed by atoms with Gasteiger partial charge in [0.2, 0.25) is 0 Å². The third-order valence-electron chi connectivity index (χ3n) is 1.46. The van der Waals surface area contributed by atoms with E-state index in [-0.39, 0.29) is 5.82 Å². The Balaban J connectivity index is 2.45. The highest BCUT2D eigenvalue weighted by molar-refractivity contribution is 5.29. The van der Waals surface area contributed by atoms with E-state index in [9.17, 15) is 0 Å². The summed E-state index contributed by atoms with van der Waals surface area (Å²) in [5.41, 5.74) is 5.46. The second-order valence-electron chi connectivity index (χ2n) is 2.41. The zero-order valence-corrected chi connectivity index (χ0v) is 6.99. The predicted molar refractivity (Wildman–Crippen MR) is 46.1 cm³/mol. The van der Waals surface area contributed by atoms with E-state index in [1.54, 1.807) is 12.1 Å². The molecule has 7 nitrogen and oxygen atoms in total. The first-order chi connectivity index (χ1) is 6.79. The molecule has 2 N–H and O–H groups in total. The predicted octanol–water partition coefficient (Wildman–Crippen LogP) is -0.489. The number of hydrogen-bond acceptors (Lipinski definition) is 6. The van der Waals surface area contributed by atoms with Crippen molar-refractivity contribution in [1.82, 2.24) is 24.7 Å². The van der Waals surface area contributed by atoms with Crippen LogP contribution in [0.2, 0.25) is 0 Å². The molecule has 0 saturated heterocycles. The number of nitrogen functional groups attached to an aromatic ring is 1. The van der Waals surface area contributed by atoms with Crippen molar-refractivity contribution in [3.63, 3.8) is 0 Å². The van der Waals surface area contributed by atoms with Gasteiger partial charge >= 0.3 is 0 Å². The molecule has 0 unspecified atom stereocenters. The zero-order chi connectivity index (χ0) is 9.97. The highest BCUT2D eigenvalue weighted by Crippen LogP contribution is 2.00. The number of nitriles is 1. The quantitative estimate of drug-likeness (QED) is 0.645. The second-order valence-corrected chi connectivity index (χ2v) is 2.41. The van der Waals surface area contributed by atoms with Gasteiger partial charge in [0.25, 0.3) is 11.8 Å². The Kier molecular flexibility index (Phi) is 1.80. The molecule has 0 amide bonds. The van der Waals surface area contributed by atoms with E-state index < -0.39 is 0 Å². The minimum Gasteiger partial charge on any atom is -0.384 e. The van der Waals surface area contributed by atoms with Crippen LogP contribution in [0.4, 0.5) is 5.82 Å². The van der Waals surface area contributed by atoms with Gasteiger partial charge < -0.3 is 5.73 Å². The second kappa shape index (κ2) is 3.10. The van der Waals surface area contributed by atoms with E-state index in [1.807, 2.05) is 0 Å². The minimum atomic E-state index is 0.0658. The summed E-state index contributed by atoms with van der Waals surface area (Å²) in [6.45, 7) is 0. The van der Waals surface area contributed by atoms with Crippen LogP contribution < -0.4 is 5.73 Å². The van der Waals surface area contributed by atoms with E-state index in [2.05, 4.69) is 20.1 Å². The lowest BCUT2D eigenvalue weighted by atomic mass is 10.6. The van der Waals surface area contributed by atoms with Crippen LogP contribution in [0.1, 0.15) is 5.82 Å². The van der Waals surface area contributed by atoms with Gasteiger partial charge in [0, 0.05) is 6.20 Å². The standard InChI is InChI=1S/C7H5N7/c8-3-6-11-4-14(13-6)7-10-2-1-5(9)12-7/h1-2,4H,(H2,9,10,12). The molecule has 68 valence electrons. The summed E-state index contributed by atoms with van der Waals surface area (Å²) in [6.07, 6.45) is 2.86. The summed E-state index contributed by atoms with van der Waals surface area (Å²) in [6, 6.07) is 3.36. The lowest BCUT2D eigenvalue weighted by Gasteiger charge is -1.97. The van der Waals surface area contributed by atoms with Crippen LogP contribution in [-0.2, 0) is 0 Å². The number of aromatic nitrogens is 5. The van der Waals surface area contributed by atoms with Crippen molar-refractivity contribution in [1.29, 1.82) is 5.26 Å². The Hall–Kier alpha value is -2.49. The summed E-state index contributed by atoms with van der Waals surface area (Å²) in [4.78, 5) is 11.5. The lowest BCUT2D eigenvalue weighted by molar-refractivity contribution is 0.805. The first-order valence-corrected chi connectivity index (χ1v) is 3.70. The van der Waals surface area contributed by atoms with Crippen LogP contribution in [0, 0.1) is 11.3 Å². The fraction of sp³-hybridized carbons (Fsp3) is 0. The van der Waals surface area contributed by atoms with E-state index in [0.717, 1.165) is 0 Å². The Morgan fingerprint density at radius 1 is 1.43 bits per heavy atom. The van der Waals surface area contributed by atoms with Gasteiger partial charge in [-0.15, -0.1) is 5.10 Å². The smallest absolute Gasteiger partial charge is 0.254 e. The largest absolute Gasteiger partial charge is 0.384 e. The van der Waals surface area contributed by atoms with Gasteiger partial charge in [-0.2, -0.15) is 14.9 Å². The summed E-state index contributed by atoms with van der Waals surface area (Å²) >= 11 is 0. The molecule has 14 heavy (non-hydrogen) atoms. The molecule has 0 spiro atoms. The topological polar surface area (TPSA) is 106 Å². The number of hydrogen-bond donors (Lipinski definition) is 1. The molecular weight excluding hydrogens is 182 g/mol. The highest BCUT2D eigenvalue weighted by Gasteiger charge is 2.03. The molecule has 2 heterocycles. The summed E-state index contributed by atoms with van der Waals surface area (Å²) in [7, 11) is 0. The first-order valence-electron chi connectivity index (χ1n) is 3.70. The monoisotopic (exact) mass is 187 g/mol. The van der Waals surface area contributed by atoms with Crippen molar-refractivity contribution in [2.75, 3.05) is 5.73 Å². The fourth-order valence-corrected chi connectivity index (χ4v) is 0.883. The maximum absolute atomic E-state index is 8.50. The van der Waals surface area contributed by atoms with E-state index in [0.29, 0.717) is 11.8 Å². The van der Waals surface area contributed by atoms with Crippen molar-refractivity contribution >= 4 is 5.82 Å². The fourth-order valence-electron chi connectivity index (χ4n) is 0.883. The molecular formula is C7H5N7. The molecule has 2 aromatic heterocycles. The minimum absolute atomic E-state index is 0.0658. The van der Waals surface area contributed by atoms with E-state index in [1.165, 1.54) is 17.2 Å². The molecule has 0 aliphatic rings. The number of nitrogens with zero attached hydrogens (tertiary/aromatic N) is 6. The molecule has 0 aromatic carbocycles. The third kappa shape index (κ3) is 1.36. The van der Waals surface area contributed by atoms with Crippen LogP contribution in [0.25, 0.3) is 5.95 Å². The number of anilines is 1. The Morgan fingerprint density at radius 3 is 2.93 bits per heavy atom. The average molecular weight is 187 g/mol. The van der Waals surface area contributed by atoms with Crippen molar-refractivity contribution < 1.29 is 0 Å². The van der Waals surface area contributed by atoms with Crippen LogP contribution in [0.15, 0.2) is 18.6 Å². The molecule has 0 aliphatic carbocycles. The van der Waals surface area contributed by atoms with Gasteiger partial charge in [0.05, 0.1) is 0 Å². The molecule has 0 aliphatic heterocycles. The molecule has 0 saturated carbocycles. The van der Waals surface area contributed by atoms with E-state index >= 15 is 0 Å². The van der Waals surface area contributed by atoms with Crippen LogP contribution in [-0.4, -0.2) is 24.7 Å². The molecule has 7 heteroatoms. The molecule has 0 bridgehead atoms. The van der Waals surface area contributed by atoms with E-state index in [4.69, 9.17) is 11.0 Å². The summed E-state index contributed by atoms with van der Waals surface area (Å²) in [5, 5.41) is 12.3.